The van der Waals surface area contributed by atoms with Gasteiger partial charge in [0.05, 0.1) is 18.8 Å². The highest BCUT2D eigenvalue weighted by Crippen LogP contribution is 2.41. The molecule has 0 radical (unpaired) electrons. The van der Waals surface area contributed by atoms with E-state index in [9.17, 15) is 5.11 Å². The molecule has 3 N–H and O–H groups in total. The third-order valence-corrected chi connectivity index (χ3v) is 9.34. The van der Waals surface area contributed by atoms with Gasteiger partial charge in [0.25, 0.3) is 5.22 Å². The van der Waals surface area contributed by atoms with Gasteiger partial charge in [-0.05, 0) is 33.9 Å². The van der Waals surface area contributed by atoms with Crippen LogP contribution >= 0.6 is 11.8 Å². The van der Waals surface area contributed by atoms with Crippen LogP contribution in [0.2, 0.25) is 0 Å². The maximum absolute atomic E-state index is 9.58. The molecule has 0 unspecified atom stereocenters. The van der Waals surface area contributed by atoms with Gasteiger partial charge in [0.1, 0.15) is 5.69 Å². The van der Waals surface area contributed by atoms with Crippen LogP contribution in [-0.4, -0.2) is 21.9 Å². The highest BCUT2D eigenvalue weighted by molar-refractivity contribution is 7.99. The molecule has 1 fully saturated rings. The highest BCUT2D eigenvalue weighted by Gasteiger charge is 2.33. The van der Waals surface area contributed by atoms with Crippen LogP contribution in [0.4, 0.5) is 0 Å². The van der Waals surface area contributed by atoms with Crippen molar-refractivity contribution in [3.63, 3.8) is 0 Å². The Labute approximate surface area is 279 Å². The summed E-state index contributed by atoms with van der Waals surface area (Å²) in [4.78, 5) is 4.94. The molecule has 1 aliphatic rings. The fraction of sp³-hybridized carbons (Fsp3) is 0.175. The smallest absolute Gasteiger partial charge is 0.256 e. The van der Waals surface area contributed by atoms with Crippen LogP contribution in [0.25, 0.3) is 33.7 Å². The molecule has 0 bridgehead atoms. The monoisotopic (exact) mass is 640 g/mol. The van der Waals surface area contributed by atoms with E-state index in [1.54, 1.807) is 11.8 Å². The number of oxazole rings is 1. The average Bonchev–Trinajstić information content (AvgIpc) is 3.59. The molecule has 7 heteroatoms. The van der Waals surface area contributed by atoms with Gasteiger partial charge in [-0.1, -0.05) is 139 Å². The van der Waals surface area contributed by atoms with E-state index >= 15 is 0 Å². The van der Waals surface area contributed by atoms with Gasteiger partial charge in [0, 0.05) is 35.4 Å². The zero-order chi connectivity index (χ0) is 32.0. The van der Waals surface area contributed by atoms with E-state index in [4.69, 9.17) is 24.6 Å². The van der Waals surface area contributed by atoms with Crippen molar-refractivity contribution in [3.8, 4) is 33.7 Å². The second-order valence-corrected chi connectivity index (χ2v) is 12.5. The van der Waals surface area contributed by atoms with Crippen LogP contribution in [0.5, 0.6) is 0 Å². The summed E-state index contributed by atoms with van der Waals surface area (Å²) in [6, 6.07) is 44.8. The SMILES string of the molecule is NCc1cccc(-c2ccc([C@@H]3O[C@H](CSc4nc(-c5ccccc5)c(-c5ccccc5)o4)C[C@H](c4ccc(CO)cc4)O3)cc2)c1. The van der Waals surface area contributed by atoms with E-state index in [-0.39, 0.29) is 18.8 Å². The summed E-state index contributed by atoms with van der Waals surface area (Å²) in [7, 11) is 0. The fourth-order valence-electron chi connectivity index (χ4n) is 5.84. The molecule has 6 aromatic rings. The minimum absolute atomic E-state index is 0.00340. The number of aliphatic hydroxyl groups excluding tert-OH is 1. The Balaban J connectivity index is 1.14. The quantitative estimate of drug-likeness (QED) is 0.145. The zero-order valence-corrected chi connectivity index (χ0v) is 26.7. The van der Waals surface area contributed by atoms with Gasteiger partial charge in [-0.3, -0.25) is 0 Å². The molecule has 47 heavy (non-hydrogen) atoms. The Hall–Kier alpha value is -4.50. The molecule has 1 aliphatic heterocycles. The Bertz CT molecular complexity index is 1840. The van der Waals surface area contributed by atoms with Crippen LogP contribution in [-0.2, 0) is 22.6 Å². The van der Waals surface area contributed by atoms with E-state index in [0.29, 0.717) is 23.9 Å². The summed E-state index contributed by atoms with van der Waals surface area (Å²) in [6.07, 6.45) is -0.193. The molecule has 1 aromatic heterocycles. The number of hydrogen-bond acceptors (Lipinski definition) is 7. The van der Waals surface area contributed by atoms with Crippen molar-refractivity contribution in [3.05, 3.63) is 156 Å². The average molecular weight is 641 g/mol. The largest absolute Gasteiger partial charge is 0.431 e. The van der Waals surface area contributed by atoms with E-state index in [1.807, 2.05) is 84.9 Å². The third-order valence-electron chi connectivity index (χ3n) is 8.38. The number of benzene rings is 5. The number of hydrogen-bond donors (Lipinski definition) is 2. The molecule has 0 spiro atoms. The van der Waals surface area contributed by atoms with Crippen molar-refractivity contribution >= 4 is 11.8 Å². The molecule has 0 aliphatic carbocycles. The number of nitrogens with two attached hydrogens (primary N) is 1. The van der Waals surface area contributed by atoms with E-state index in [0.717, 1.165) is 56.0 Å². The molecule has 5 aromatic carbocycles. The normalized spacial score (nSPS) is 17.9. The van der Waals surface area contributed by atoms with Gasteiger partial charge in [-0.15, -0.1) is 0 Å². The van der Waals surface area contributed by atoms with Gasteiger partial charge in [-0.25, -0.2) is 4.98 Å². The van der Waals surface area contributed by atoms with Crippen LogP contribution < -0.4 is 5.73 Å². The lowest BCUT2D eigenvalue weighted by Gasteiger charge is -2.36. The van der Waals surface area contributed by atoms with Crippen molar-refractivity contribution in [1.29, 1.82) is 0 Å². The number of nitrogens with zero attached hydrogens (tertiary/aromatic N) is 1. The van der Waals surface area contributed by atoms with Crippen LogP contribution in [0.3, 0.4) is 0 Å². The lowest BCUT2D eigenvalue weighted by atomic mass is 9.99. The van der Waals surface area contributed by atoms with E-state index < -0.39 is 6.29 Å². The number of aliphatic hydroxyl groups is 1. The first kappa shape index (κ1) is 31.1. The Morgan fingerprint density at radius 1 is 0.681 bits per heavy atom. The first-order chi connectivity index (χ1) is 23.2. The standard InChI is InChI=1S/C40H36N2O4S/c41-24-28-8-7-13-34(22-28)29-18-20-33(21-19-29)39-44-35(23-36(45-39)30-16-14-27(25-43)15-17-30)26-47-40-42-37(31-9-3-1-4-10-31)38(46-40)32-11-5-2-6-12-32/h1-22,35-36,39,43H,23-26,41H2/t35-,36+,39+/m0/s1. The summed E-state index contributed by atoms with van der Waals surface area (Å²) < 4.78 is 19.6. The van der Waals surface area contributed by atoms with Gasteiger partial charge < -0.3 is 24.7 Å². The molecule has 6 nitrogen and oxygen atoms in total. The van der Waals surface area contributed by atoms with Gasteiger partial charge in [0.2, 0.25) is 0 Å². The molecule has 3 atom stereocenters. The Morgan fingerprint density at radius 3 is 2.06 bits per heavy atom. The van der Waals surface area contributed by atoms with Crippen molar-refractivity contribution in [2.45, 2.75) is 43.3 Å². The first-order valence-electron chi connectivity index (χ1n) is 15.8. The van der Waals surface area contributed by atoms with Crippen LogP contribution in [0, 0.1) is 0 Å². The fourth-order valence-corrected chi connectivity index (χ4v) is 6.68. The predicted molar refractivity (Wildman–Crippen MR) is 186 cm³/mol. The van der Waals surface area contributed by atoms with Crippen LogP contribution in [0.1, 0.15) is 41.1 Å². The molecular formula is C40H36N2O4S. The van der Waals surface area contributed by atoms with E-state index in [1.165, 1.54) is 0 Å². The second-order valence-electron chi connectivity index (χ2n) is 11.6. The van der Waals surface area contributed by atoms with Crippen molar-refractivity contribution in [2.75, 3.05) is 5.75 Å². The third kappa shape index (κ3) is 7.25. The number of ether oxygens (including phenoxy) is 2. The zero-order valence-electron chi connectivity index (χ0n) is 25.9. The summed E-state index contributed by atoms with van der Waals surface area (Å²) in [5, 5.41) is 10.2. The molecule has 1 saturated heterocycles. The number of aromatic nitrogens is 1. The van der Waals surface area contributed by atoms with Crippen LogP contribution in [0.15, 0.2) is 143 Å². The number of thioether (sulfide) groups is 1. The topological polar surface area (TPSA) is 90.7 Å². The Kier molecular flexibility index (Phi) is 9.60. The molecule has 0 saturated carbocycles. The molecule has 236 valence electrons. The lowest BCUT2D eigenvalue weighted by Crippen LogP contribution is -2.31. The number of rotatable bonds is 10. The maximum atomic E-state index is 9.58. The highest BCUT2D eigenvalue weighted by atomic mass is 32.2. The predicted octanol–water partition coefficient (Wildman–Crippen LogP) is 8.96. The van der Waals surface area contributed by atoms with Gasteiger partial charge in [-0.2, -0.15) is 0 Å². The lowest BCUT2D eigenvalue weighted by molar-refractivity contribution is -0.245. The Morgan fingerprint density at radius 2 is 1.36 bits per heavy atom. The first-order valence-corrected chi connectivity index (χ1v) is 16.8. The summed E-state index contributed by atoms with van der Waals surface area (Å²) in [6.45, 7) is 0.508. The molecular weight excluding hydrogens is 605 g/mol. The minimum atomic E-state index is -0.550. The molecule has 2 heterocycles. The maximum Gasteiger partial charge on any atom is 0.256 e. The van der Waals surface area contributed by atoms with Crippen molar-refractivity contribution < 1.29 is 19.0 Å². The van der Waals surface area contributed by atoms with Crippen molar-refractivity contribution in [1.82, 2.24) is 4.98 Å². The summed E-state index contributed by atoms with van der Waals surface area (Å²) in [5.74, 6) is 1.39. The molecule has 0 amide bonds. The van der Waals surface area contributed by atoms with Gasteiger partial charge in [0.15, 0.2) is 12.1 Å². The summed E-state index contributed by atoms with van der Waals surface area (Å²) >= 11 is 1.55. The van der Waals surface area contributed by atoms with E-state index in [2.05, 4.69) is 48.5 Å². The van der Waals surface area contributed by atoms with Gasteiger partial charge >= 0.3 is 0 Å². The second kappa shape index (κ2) is 14.5. The molecule has 7 rings (SSSR count). The van der Waals surface area contributed by atoms with Crippen molar-refractivity contribution in [2.24, 2.45) is 5.73 Å². The summed E-state index contributed by atoms with van der Waals surface area (Å²) in [5.41, 5.74) is 14.9. The minimum Gasteiger partial charge on any atom is -0.431 e.